The summed E-state index contributed by atoms with van der Waals surface area (Å²) in [5.41, 5.74) is 0.893. The molecule has 1 fully saturated rings. The van der Waals surface area contributed by atoms with E-state index in [2.05, 4.69) is 11.7 Å². The number of hydrogen-bond donors (Lipinski definition) is 1. The Kier molecular flexibility index (Phi) is 4.10. The average molecular weight is 310 g/mol. The van der Waals surface area contributed by atoms with Gasteiger partial charge in [0.25, 0.3) is 5.91 Å². The number of likely N-dealkylation sites (N-methyl/N-ethyl adjacent to an activating group) is 2. The van der Waals surface area contributed by atoms with Crippen LogP contribution in [0.2, 0.25) is 0 Å². The van der Waals surface area contributed by atoms with Crippen LogP contribution in [-0.2, 0) is 20.8 Å². The van der Waals surface area contributed by atoms with Gasteiger partial charge in [-0.1, -0.05) is 41.1 Å². The lowest BCUT2D eigenvalue weighted by Crippen LogP contribution is -2.67. The molecule has 1 aliphatic heterocycles. The number of hydrogen-bond acceptors (Lipinski definition) is 5. The molecule has 5 nitrogen and oxygen atoms in total. The first kappa shape index (κ1) is 14.9. The molecule has 0 N–H and O–H groups in total. The van der Waals surface area contributed by atoms with E-state index in [1.165, 1.54) is 19.0 Å². The van der Waals surface area contributed by atoms with E-state index < -0.39 is 22.6 Å². The van der Waals surface area contributed by atoms with Gasteiger partial charge in [0.05, 0.1) is 0 Å². The van der Waals surface area contributed by atoms with Gasteiger partial charge in [-0.2, -0.15) is 0 Å². The molecule has 3 amide bonds. The molecule has 0 radical (unpaired) electrons. The number of carbonyl (C=O) groups excluding carboxylic acids is 3. The summed E-state index contributed by atoms with van der Waals surface area (Å²) >= 11 is 4.17. The Morgan fingerprint density at radius 2 is 1.70 bits per heavy atom. The third kappa shape index (κ3) is 2.20. The maximum absolute atomic E-state index is 12.5. The molecule has 0 saturated carbocycles. The summed E-state index contributed by atoms with van der Waals surface area (Å²) < 4.78 is 0. The fourth-order valence-electron chi connectivity index (χ4n) is 2.15. The van der Waals surface area contributed by atoms with Gasteiger partial charge in [0.15, 0.2) is 4.87 Å². The van der Waals surface area contributed by atoms with E-state index in [-0.39, 0.29) is 0 Å². The highest BCUT2D eigenvalue weighted by atomic mass is 33.1. The van der Waals surface area contributed by atoms with Crippen LogP contribution in [0.25, 0.3) is 0 Å². The lowest BCUT2D eigenvalue weighted by molar-refractivity contribution is -0.166. The predicted molar refractivity (Wildman–Crippen MR) is 80.0 cm³/mol. The van der Waals surface area contributed by atoms with Gasteiger partial charge in [0, 0.05) is 20.5 Å². The normalized spacial score (nSPS) is 23.4. The van der Waals surface area contributed by atoms with Gasteiger partial charge >= 0.3 is 11.8 Å². The SMILES string of the molecule is CN1C(=O)C(=O)N(C)C(Cc2ccccc2)(SS)C1=O. The Morgan fingerprint density at radius 1 is 1.10 bits per heavy atom. The summed E-state index contributed by atoms with van der Waals surface area (Å²) in [6.45, 7) is 0. The molecule has 20 heavy (non-hydrogen) atoms. The van der Waals surface area contributed by atoms with E-state index in [9.17, 15) is 14.4 Å². The zero-order valence-corrected chi connectivity index (χ0v) is 12.8. The number of benzene rings is 1. The molecule has 7 heteroatoms. The molecule has 1 atom stereocenters. The second-order valence-corrected chi connectivity index (χ2v) is 5.98. The number of piperazine rings is 1. The van der Waals surface area contributed by atoms with Crippen LogP contribution in [-0.4, -0.2) is 46.5 Å². The first-order valence-electron chi connectivity index (χ1n) is 5.91. The van der Waals surface area contributed by atoms with E-state index in [4.69, 9.17) is 0 Å². The minimum atomic E-state index is -1.20. The number of carbonyl (C=O) groups is 3. The summed E-state index contributed by atoms with van der Waals surface area (Å²) in [6.07, 6.45) is 0.292. The van der Waals surface area contributed by atoms with Gasteiger partial charge in [-0.05, 0) is 5.56 Å². The lowest BCUT2D eigenvalue weighted by Gasteiger charge is -2.43. The fourth-order valence-corrected chi connectivity index (χ4v) is 3.59. The van der Waals surface area contributed by atoms with Crippen molar-refractivity contribution in [2.75, 3.05) is 14.1 Å². The Balaban J connectivity index is 2.44. The molecular formula is C13H14N2O3S2. The number of nitrogens with zero attached hydrogens (tertiary/aromatic N) is 2. The monoisotopic (exact) mass is 310 g/mol. The highest BCUT2D eigenvalue weighted by Crippen LogP contribution is 2.39. The Labute approximate surface area is 126 Å². The predicted octanol–water partition coefficient (Wildman–Crippen LogP) is 0.960. The highest BCUT2D eigenvalue weighted by molar-refractivity contribution is 8.69. The van der Waals surface area contributed by atoms with E-state index in [0.29, 0.717) is 6.42 Å². The zero-order chi connectivity index (χ0) is 14.9. The number of rotatable bonds is 3. The molecule has 1 aromatic carbocycles. The van der Waals surface area contributed by atoms with Crippen molar-refractivity contribution in [3.63, 3.8) is 0 Å². The van der Waals surface area contributed by atoms with Crippen molar-refractivity contribution in [3.8, 4) is 0 Å². The third-order valence-corrected chi connectivity index (χ3v) is 5.21. The van der Waals surface area contributed by atoms with Crippen LogP contribution in [0.4, 0.5) is 0 Å². The summed E-state index contributed by atoms with van der Waals surface area (Å²) in [5.74, 6) is -1.96. The van der Waals surface area contributed by atoms with Crippen molar-refractivity contribution in [1.82, 2.24) is 9.80 Å². The van der Waals surface area contributed by atoms with E-state index in [1.807, 2.05) is 30.3 Å². The maximum atomic E-state index is 12.5. The van der Waals surface area contributed by atoms with Crippen LogP contribution in [0.3, 0.4) is 0 Å². The van der Waals surface area contributed by atoms with Crippen molar-refractivity contribution < 1.29 is 14.4 Å². The highest BCUT2D eigenvalue weighted by Gasteiger charge is 2.54. The van der Waals surface area contributed by atoms with E-state index >= 15 is 0 Å². The molecular weight excluding hydrogens is 296 g/mol. The fraction of sp³-hybridized carbons (Fsp3) is 0.308. The van der Waals surface area contributed by atoms with Gasteiger partial charge in [-0.25, -0.2) is 0 Å². The lowest BCUT2D eigenvalue weighted by atomic mass is 10.0. The van der Waals surface area contributed by atoms with Crippen LogP contribution < -0.4 is 0 Å². The van der Waals surface area contributed by atoms with Crippen LogP contribution in [0.5, 0.6) is 0 Å². The Morgan fingerprint density at radius 3 is 2.25 bits per heavy atom. The Hall–Kier alpha value is -1.47. The molecule has 1 unspecified atom stereocenters. The number of imide groups is 1. The molecule has 0 spiro atoms. The third-order valence-electron chi connectivity index (χ3n) is 3.41. The number of thiol groups is 1. The minimum Gasteiger partial charge on any atom is -0.313 e. The van der Waals surface area contributed by atoms with Crippen molar-refractivity contribution in [2.45, 2.75) is 11.3 Å². The summed E-state index contributed by atoms with van der Waals surface area (Å²) in [5, 5.41) is 0. The average Bonchev–Trinajstić information content (AvgIpc) is 2.49. The van der Waals surface area contributed by atoms with Crippen molar-refractivity contribution >= 4 is 40.2 Å². The minimum absolute atomic E-state index is 0.292. The molecule has 1 aromatic rings. The molecule has 0 bridgehead atoms. The first-order valence-corrected chi connectivity index (χ1v) is 7.77. The standard InChI is InChI=1S/C13H14N2O3S2/c1-14-10(16)11(17)15(2)13(20-19,12(14)18)8-9-6-4-3-5-7-9/h3-7,19H,8H2,1-2H3. The topological polar surface area (TPSA) is 57.7 Å². The van der Waals surface area contributed by atoms with Crippen LogP contribution in [0.1, 0.15) is 5.56 Å². The maximum Gasteiger partial charge on any atom is 0.318 e. The molecule has 106 valence electrons. The van der Waals surface area contributed by atoms with Crippen LogP contribution in [0.15, 0.2) is 30.3 Å². The smallest absolute Gasteiger partial charge is 0.313 e. The van der Waals surface area contributed by atoms with Gasteiger partial charge in [0.1, 0.15) is 0 Å². The van der Waals surface area contributed by atoms with Crippen LogP contribution >= 0.6 is 22.5 Å². The second kappa shape index (κ2) is 5.49. The summed E-state index contributed by atoms with van der Waals surface area (Å²) in [4.78, 5) is 37.0. The molecule has 2 rings (SSSR count). The molecule has 1 aliphatic rings. The van der Waals surface area contributed by atoms with E-state index in [1.54, 1.807) is 0 Å². The van der Waals surface area contributed by atoms with Gasteiger partial charge in [0.2, 0.25) is 0 Å². The quantitative estimate of drug-likeness (QED) is 0.391. The second-order valence-electron chi connectivity index (χ2n) is 4.57. The van der Waals surface area contributed by atoms with Gasteiger partial charge in [-0.15, -0.1) is 11.7 Å². The summed E-state index contributed by atoms with van der Waals surface area (Å²) in [6, 6.07) is 9.32. The van der Waals surface area contributed by atoms with Crippen molar-refractivity contribution in [3.05, 3.63) is 35.9 Å². The van der Waals surface area contributed by atoms with Crippen molar-refractivity contribution in [2.24, 2.45) is 0 Å². The van der Waals surface area contributed by atoms with Crippen LogP contribution in [0, 0.1) is 0 Å². The van der Waals surface area contributed by atoms with Gasteiger partial charge in [-0.3, -0.25) is 19.3 Å². The molecule has 1 saturated heterocycles. The number of amides is 3. The van der Waals surface area contributed by atoms with Crippen molar-refractivity contribution in [1.29, 1.82) is 0 Å². The van der Waals surface area contributed by atoms with E-state index in [0.717, 1.165) is 21.3 Å². The molecule has 0 aliphatic carbocycles. The Bertz CT molecular complexity index is 564. The zero-order valence-electron chi connectivity index (χ0n) is 11.1. The molecule has 1 heterocycles. The molecule has 0 aromatic heterocycles. The van der Waals surface area contributed by atoms with Gasteiger partial charge < -0.3 is 4.90 Å². The largest absolute Gasteiger partial charge is 0.318 e. The first-order chi connectivity index (χ1) is 9.44. The summed E-state index contributed by atoms with van der Waals surface area (Å²) in [7, 11) is 3.74.